The van der Waals surface area contributed by atoms with Gasteiger partial charge in [-0.2, -0.15) is 13.2 Å². The molecule has 0 aliphatic rings. The number of aromatic nitrogens is 1. The number of rotatable bonds is 4. The Morgan fingerprint density at radius 2 is 2.00 bits per heavy atom. The van der Waals surface area contributed by atoms with Gasteiger partial charge in [0.15, 0.2) is 5.96 Å². The van der Waals surface area contributed by atoms with Gasteiger partial charge in [-0.25, -0.2) is 4.98 Å². The lowest BCUT2D eigenvalue weighted by Crippen LogP contribution is -2.38. The van der Waals surface area contributed by atoms with Crippen LogP contribution in [0.3, 0.4) is 0 Å². The number of halogens is 3. The van der Waals surface area contributed by atoms with Gasteiger partial charge in [0.2, 0.25) is 0 Å². The molecule has 0 fully saturated rings. The highest BCUT2D eigenvalue weighted by molar-refractivity contribution is 7.11. The van der Waals surface area contributed by atoms with Gasteiger partial charge < -0.3 is 10.6 Å². The quantitative estimate of drug-likeness (QED) is 0.662. The van der Waals surface area contributed by atoms with Crippen molar-refractivity contribution in [2.45, 2.75) is 33.0 Å². The molecule has 4 nitrogen and oxygen atoms in total. The number of nitrogens with one attached hydrogen (secondary N) is 2. The van der Waals surface area contributed by atoms with Crippen molar-refractivity contribution in [3.63, 3.8) is 0 Å². The van der Waals surface area contributed by atoms with Crippen molar-refractivity contribution in [2.24, 2.45) is 4.99 Å². The maximum absolute atomic E-state index is 12.0. The number of hydrogen-bond acceptors (Lipinski definition) is 3. The number of aryl methyl sites for hydroxylation is 2. The molecule has 1 aromatic heterocycles. The van der Waals surface area contributed by atoms with Crippen molar-refractivity contribution < 1.29 is 13.2 Å². The fourth-order valence-electron chi connectivity index (χ4n) is 1.32. The Morgan fingerprint density at radius 3 is 2.47 bits per heavy atom. The van der Waals surface area contributed by atoms with Crippen molar-refractivity contribution >= 4 is 17.3 Å². The van der Waals surface area contributed by atoms with Crippen LogP contribution in [0.15, 0.2) is 4.99 Å². The molecule has 1 aromatic rings. The number of alkyl halides is 3. The predicted octanol–water partition coefficient (Wildman–Crippen LogP) is 2.38. The molecule has 8 heteroatoms. The van der Waals surface area contributed by atoms with E-state index < -0.39 is 12.6 Å². The van der Waals surface area contributed by atoms with Crippen molar-refractivity contribution in [3.8, 4) is 0 Å². The van der Waals surface area contributed by atoms with E-state index in [2.05, 4.69) is 20.6 Å². The minimum atomic E-state index is -4.16. The van der Waals surface area contributed by atoms with Gasteiger partial charge >= 0.3 is 6.18 Å². The minimum Gasteiger partial charge on any atom is -0.356 e. The number of nitrogens with zero attached hydrogens (tertiary/aromatic N) is 2. The number of guanidine groups is 1. The summed E-state index contributed by atoms with van der Waals surface area (Å²) in [6.45, 7) is 4.16. The van der Waals surface area contributed by atoms with Crippen molar-refractivity contribution in [2.75, 3.05) is 13.6 Å². The van der Waals surface area contributed by atoms with E-state index in [-0.39, 0.29) is 6.54 Å². The normalized spacial score (nSPS) is 12.6. The van der Waals surface area contributed by atoms with Gasteiger partial charge in [-0.15, -0.1) is 11.3 Å². The number of thiazole rings is 1. The zero-order valence-electron chi connectivity index (χ0n) is 11.1. The van der Waals surface area contributed by atoms with Gasteiger partial charge in [0.05, 0.1) is 18.7 Å². The molecule has 0 aromatic carbocycles. The third kappa shape index (κ3) is 5.91. The van der Waals surface area contributed by atoms with Crippen LogP contribution in [0.1, 0.15) is 22.0 Å². The van der Waals surface area contributed by atoms with Crippen molar-refractivity contribution in [1.29, 1.82) is 0 Å². The standard InChI is InChI=1S/C11H17F3N4S/c1-7-8(2)19-9(18-7)6-17-10(15-3)16-5-4-11(12,13)14/h4-6H2,1-3H3,(H2,15,16,17). The van der Waals surface area contributed by atoms with Crippen LogP contribution in [0, 0.1) is 13.8 Å². The first-order chi connectivity index (χ1) is 8.81. The average Bonchev–Trinajstić information content (AvgIpc) is 2.61. The van der Waals surface area contributed by atoms with Gasteiger partial charge in [-0.1, -0.05) is 0 Å². The van der Waals surface area contributed by atoms with Crippen LogP contribution in [-0.4, -0.2) is 30.7 Å². The summed E-state index contributed by atoms with van der Waals surface area (Å²) < 4.78 is 36.0. The molecule has 2 N–H and O–H groups in total. The highest BCUT2D eigenvalue weighted by atomic mass is 32.1. The van der Waals surface area contributed by atoms with Gasteiger partial charge in [0.25, 0.3) is 0 Å². The maximum Gasteiger partial charge on any atom is 0.390 e. The molecule has 0 aliphatic carbocycles. The van der Waals surface area contributed by atoms with Crippen LogP contribution >= 0.6 is 11.3 Å². The van der Waals surface area contributed by atoms with Gasteiger partial charge in [0, 0.05) is 18.5 Å². The van der Waals surface area contributed by atoms with E-state index in [1.54, 1.807) is 11.3 Å². The van der Waals surface area contributed by atoms with Crippen LogP contribution in [0.5, 0.6) is 0 Å². The van der Waals surface area contributed by atoms with E-state index in [0.717, 1.165) is 15.6 Å². The highest BCUT2D eigenvalue weighted by Gasteiger charge is 2.26. The molecular weight excluding hydrogens is 277 g/mol. The summed E-state index contributed by atoms with van der Waals surface area (Å²) in [5.41, 5.74) is 0.974. The second-order valence-electron chi connectivity index (χ2n) is 3.97. The molecule has 0 amide bonds. The third-order valence-corrected chi connectivity index (χ3v) is 3.48. The van der Waals surface area contributed by atoms with Gasteiger partial charge in [-0.3, -0.25) is 4.99 Å². The summed E-state index contributed by atoms with van der Waals surface area (Å²) in [7, 11) is 1.52. The average molecular weight is 294 g/mol. The second-order valence-corrected chi connectivity index (χ2v) is 5.25. The van der Waals surface area contributed by atoms with E-state index >= 15 is 0 Å². The summed E-state index contributed by atoms with van der Waals surface area (Å²) >= 11 is 1.56. The fourth-order valence-corrected chi connectivity index (χ4v) is 2.19. The zero-order valence-corrected chi connectivity index (χ0v) is 11.9. The van der Waals surface area contributed by atoms with Crippen LogP contribution in [0.2, 0.25) is 0 Å². The fraction of sp³-hybridized carbons (Fsp3) is 0.636. The smallest absolute Gasteiger partial charge is 0.356 e. The lowest BCUT2D eigenvalue weighted by Gasteiger charge is -2.11. The first-order valence-electron chi connectivity index (χ1n) is 5.76. The van der Waals surface area contributed by atoms with Crippen molar-refractivity contribution in [3.05, 3.63) is 15.6 Å². The minimum absolute atomic E-state index is 0.195. The molecule has 19 heavy (non-hydrogen) atoms. The highest BCUT2D eigenvalue weighted by Crippen LogP contribution is 2.18. The molecule has 0 spiro atoms. The molecule has 108 valence electrons. The van der Waals surface area contributed by atoms with Gasteiger partial charge in [-0.05, 0) is 13.8 Å². The van der Waals surface area contributed by atoms with E-state index in [0.29, 0.717) is 12.5 Å². The molecule has 1 rings (SSSR count). The Morgan fingerprint density at radius 1 is 1.32 bits per heavy atom. The lowest BCUT2D eigenvalue weighted by atomic mass is 10.4. The Kier molecular flexibility index (Phi) is 5.59. The maximum atomic E-state index is 12.0. The number of aliphatic imine (C=N–C) groups is 1. The van der Waals surface area contributed by atoms with Crippen LogP contribution in [0.4, 0.5) is 13.2 Å². The predicted molar refractivity (Wildman–Crippen MR) is 70.5 cm³/mol. The van der Waals surface area contributed by atoms with E-state index in [9.17, 15) is 13.2 Å². The summed E-state index contributed by atoms with van der Waals surface area (Å²) in [5, 5.41) is 6.43. The first kappa shape index (κ1) is 15.7. The molecule has 0 saturated carbocycles. The zero-order chi connectivity index (χ0) is 14.5. The SMILES string of the molecule is CN=C(NCCC(F)(F)F)NCc1nc(C)c(C)s1. The monoisotopic (exact) mass is 294 g/mol. The Hall–Kier alpha value is -1.31. The summed E-state index contributed by atoms with van der Waals surface area (Å²) in [6.07, 6.45) is -5.04. The van der Waals surface area contributed by atoms with E-state index in [1.807, 2.05) is 13.8 Å². The second kappa shape index (κ2) is 6.74. The third-order valence-electron chi connectivity index (χ3n) is 2.40. The molecule has 0 unspecified atom stereocenters. The molecule has 0 bridgehead atoms. The molecule has 0 aliphatic heterocycles. The first-order valence-corrected chi connectivity index (χ1v) is 6.57. The molecular formula is C11H17F3N4S. The lowest BCUT2D eigenvalue weighted by molar-refractivity contribution is -0.132. The molecule has 0 saturated heterocycles. The largest absolute Gasteiger partial charge is 0.390 e. The van der Waals surface area contributed by atoms with Crippen molar-refractivity contribution in [1.82, 2.24) is 15.6 Å². The molecule has 1 heterocycles. The summed E-state index contributed by atoms with van der Waals surface area (Å²) in [4.78, 5) is 9.32. The Labute approximate surface area is 114 Å². The summed E-state index contributed by atoms with van der Waals surface area (Å²) in [5.74, 6) is 0.342. The van der Waals surface area contributed by atoms with E-state index in [1.165, 1.54) is 7.05 Å². The summed E-state index contributed by atoms with van der Waals surface area (Å²) in [6, 6.07) is 0. The van der Waals surface area contributed by atoms with E-state index in [4.69, 9.17) is 0 Å². The number of hydrogen-bond donors (Lipinski definition) is 2. The topological polar surface area (TPSA) is 49.3 Å². The van der Waals surface area contributed by atoms with Crippen LogP contribution < -0.4 is 10.6 Å². The van der Waals surface area contributed by atoms with Crippen LogP contribution in [0.25, 0.3) is 0 Å². The Balaban J connectivity index is 2.37. The molecule has 0 atom stereocenters. The van der Waals surface area contributed by atoms with Crippen LogP contribution in [-0.2, 0) is 6.54 Å². The molecule has 0 radical (unpaired) electrons. The Bertz CT molecular complexity index is 420. The van der Waals surface area contributed by atoms with Gasteiger partial charge in [0.1, 0.15) is 5.01 Å².